The van der Waals surface area contributed by atoms with Crippen molar-refractivity contribution < 1.29 is 9.59 Å². The van der Waals surface area contributed by atoms with Crippen molar-refractivity contribution in [2.75, 3.05) is 19.6 Å². The predicted molar refractivity (Wildman–Crippen MR) is 108 cm³/mol. The molecule has 1 aromatic carbocycles. The Morgan fingerprint density at radius 2 is 1.96 bits per heavy atom. The summed E-state index contributed by atoms with van der Waals surface area (Å²) in [6.45, 7) is 4.38. The number of rotatable bonds is 6. The zero-order chi connectivity index (χ0) is 17.6. The molecule has 3 rings (SSSR count). The normalized spacial score (nSPS) is 16.8. The Hall–Kier alpha value is -1.69. The third kappa shape index (κ3) is 4.93. The van der Waals surface area contributed by atoms with Crippen molar-refractivity contribution in [2.45, 2.75) is 32.2 Å². The highest BCUT2D eigenvalue weighted by Gasteiger charge is 2.28. The minimum atomic E-state index is 0. The highest BCUT2D eigenvalue weighted by Crippen LogP contribution is 2.24. The second-order valence-corrected chi connectivity index (χ2v) is 7.25. The van der Waals surface area contributed by atoms with E-state index in [0.29, 0.717) is 6.54 Å². The SMILES string of the molecule is CCc1ccc(C2CNCCN2C(=O)CCC(=O)c2cccs2)cc1.Cl. The molecule has 26 heavy (non-hydrogen) atoms. The van der Waals surface area contributed by atoms with Gasteiger partial charge in [-0.2, -0.15) is 0 Å². The van der Waals surface area contributed by atoms with Crippen molar-refractivity contribution in [3.63, 3.8) is 0 Å². The number of ketones is 1. The summed E-state index contributed by atoms with van der Waals surface area (Å²) < 4.78 is 0. The number of Topliss-reactive ketones (excluding diaryl/α,β-unsaturated/α-hetero) is 1. The van der Waals surface area contributed by atoms with E-state index >= 15 is 0 Å². The molecule has 140 valence electrons. The van der Waals surface area contributed by atoms with E-state index in [4.69, 9.17) is 0 Å². The molecule has 0 bridgehead atoms. The lowest BCUT2D eigenvalue weighted by atomic mass is 10.00. The van der Waals surface area contributed by atoms with Crippen molar-refractivity contribution in [1.82, 2.24) is 10.2 Å². The third-order valence-electron chi connectivity index (χ3n) is 4.70. The number of aryl methyl sites for hydroxylation is 1. The Kier molecular flexibility index (Phi) is 7.82. The van der Waals surface area contributed by atoms with Gasteiger partial charge in [-0.15, -0.1) is 23.7 Å². The molecule has 1 unspecified atom stereocenters. The summed E-state index contributed by atoms with van der Waals surface area (Å²) in [6.07, 6.45) is 1.57. The summed E-state index contributed by atoms with van der Waals surface area (Å²) in [5.74, 6) is 0.123. The zero-order valence-electron chi connectivity index (χ0n) is 14.9. The summed E-state index contributed by atoms with van der Waals surface area (Å²) >= 11 is 1.43. The van der Waals surface area contributed by atoms with Gasteiger partial charge in [0.15, 0.2) is 5.78 Å². The second kappa shape index (κ2) is 9.86. The van der Waals surface area contributed by atoms with Gasteiger partial charge in [0, 0.05) is 32.5 Å². The van der Waals surface area contributed by atoms with E-state index in [1.54, 1.807) is 0 Å². The number of hydrogen-bond donors (Lipinski definition) is 1. The highest BCUT2D eigenvalue weighted by molar-refractivity contribution is 7.12. The molecule has 1 saturated heterocycles. The molecule has 0 radical (unpaired) electrons. The van der Waals surface area contributed by atoms with Crippen LogP contribution in [0.4, 0.5) is 0 Å². The first kappa shape index (κ1) is 20.6. The molecule has 1 atom stereocenters. The summed E-state index contributed by atoms with van der Waals surface area (Å²) in [7, 11) is 0. The Morgan fingerprint density at radius 1 is 1.19 bits per heavy atom. The van der Waals surface area contributed by atoms with E-state index in [0.717, 1.165) is 30.0 Å². The van der Waals surface area contributed by atoms with Crippen molar-refractivity contribution in [1.29, 1.82) is 0 Å². The first-order chi connectivity index (χ1) is 12.2. The molecule has 1 N–H and O–H groups in total. The topological polar surface area (TPSA) is 49.4 Å². The van der Waals surface area contributed by atoms with Gasteiger partial charge in [0.2, 0.25) is 5.91 Å². The van der Waals surface area contributed by atoms with Gasteiger partial charge in [-0.05, 0) is 29.0 Å². The van der Waals surface area contributed by atoms with E-state index in [2.05, 4.69) is 36.5 Å². The molecule has 2 aromatic rings. The lowest BCUT2D eigenvalue weighted by Crippen LogP contribution is -2.48. The lowest BCUT2D eigenvalue weighted by Gasteiger charge is -2.36. The number of carbonyl (C=O) groups is 2. The number of amides is 1. The van der Waals surface area contributed by atoms with Gasteiger partial charge in [-0.1, -0.05) is 37.3 Å². The van der Waals surface area contributed by atoms with Crippen LogP contribution < -0.4 is 5.32 Å². The molecule has 1 fully saturated rings. The molecule has 2 heterocycles. The van der Waals surface area contributed by atoms with E-state index in [1.165, 1.54) is 16.9 Å². The first-order valence-corrected chi connectivity index (χ1v) is 9.72. The quantitative estimate of drug-likeness (QED) is 0.759. The molecule has 1 amide bonds. The summed E-state index contributed by atoms with van der Waals surface area (Å²) in [4.78, 5) is 27.5. The molecule has 1 aromatic heterocycles. The third-order valence-corrected chi connectivity index (χ3v) is 5.61. The summed E-state index contributed by atoms with van der Waals surface area (Å²) in [5.41, 5.74) is 2.45. The van der Waals surface area contributed by atoms with Crippen LogP contribution in [0.3, 0.4) is 0 Å². The first-order valence-electron chi connectivity index (χ1n) is 8.84. The van der Waals surface area contributed by atoms with Gasteiger partial charge >= 0.3 is 0 Å². The van der Waals surface area contributed by atoms with Crippen molar-refractivity contribution in [3.8, 4) is 0 Å². The van der Waals surface area contributed by atoms with Crippen LogP contribution in [-0.4, -0.2) is 36.2 Å². The smallest absolute Gasteiger partial charge is 0.223 e. The van der Waals surface area contributed by atoms with E-state index in [1.807, 2.05) is 22.4 Å². The number of hydrogen-bond acceptors (Lipinski definition) is 4. The van der Waals surface area contributed by atoms with Gasteiger partial charge in [0.1, 0.15) is 0 Å². The highest BCUT2D eigenvalue weighted by atomic mass is 35.5. The summed E-state index contributed by atoms with van der Waals surface area (Å²) in [5, 5.41) is 5.27. The molecule has 6 heteroatoms. The number of nitrogens with one attached hydrogen (secondary N) is 1. The number of thiophene rings is 1. The molecular formula is C20H25ClN2O2S. The number of benzene rings is 1. The fourth-order valence-corrected chi connectivity index (χ4v) is 3.89. The van der Waals surface area contributed by atoms with Gasteiger partial charge < -0.3 is 10.2 Å². The molecular weight excluding hydrogens is 368 g/mol. The van der Waals surface area contributed by atoms with Gasteiger partial charge in [-0.3, -0.25) is 9.59 Å². The number of halogens is 1. The number of nitrogens with zero attached hydrogens (tertiary/aromatic N) is 1. The monoisotopic (exact) mass is 392 g/mol. The lowest BCUT2D eigenvalue weighted by molar-refractivity contribution is -0.134. The van der Waals surface area contributed by atoms with E-state index < -0.39 is 0 Å². The van der Waals surface area contributed by atoms with Crippen LogP contribution in [0.15, 0.2) is 41.8 Å². The van der Waals surface area contributed by atoms with Gasteiger partial charge in [-0.25, -0.2) is 0 Å². The van der Waals surface area contributed by atoms with Crippen LogP contribution in [0.1, 0.15) is 46.6 Å². The Balaban J connectivity index is 0.00000243. The van der Waals surface area contributed by atoms with Crippen LogP contribution in [0.25, 0.3) is 0 Å². The average Bonchev–Trinajstić information content (AvgIpc) is 3.21. The fraction of sp³-hybridized carbons (Fsp3) is 0.400. The standard InChI is InChI=1S/C20H24N2O2S.ClH/c1-2-15-5-7-16(8-6-15)17-14-21-11-12-22(17)20(24)10-9-18(23)19-4-3-13-25-19;/h3-8,13,17,21H,2,9-12,14H2,1H3;1H. The maximum Gasteiger partial charge on any atom is 0.223 e. The van der Waals surface area contributed by atoms with Gasteiger partial charge in [0.25, 0.3) is 0 Å². The number of carbonyl (C=O) groups excluding carboxylic acids is 2. The second-order valence-electron chi connectivity index (χ2n) is 6.30. The van der Waals surface area contributed by atoms with Gasteiger partial charge in [0.05, 0.1) is 10.9 Å². The minimum Gasteiger partial charge on any atom is -0.333 e. The van der Waals surface area contributed by atoms with Crippen LogP contribution in [-0.2, 0) is 11.2 Å². The van der Waals surface area contributed by atoms with Crippen LogP contribution in [0.5, 0.6) is 0 Å². The van der Waals surface area contributed by atoms with Crippen LogP contribution in [0.2, 0.25) is 0 Å². The molecule has 4 nitrogen and oxygen atoms in total. The fourth-order valence-electron chi connectivity index (χ4n) is 3.20. The molecule has 0 saturated carbocycles. The molecule has 0 aliphatic carbocycles. The minimum absolute atomic E-state index is 0. The van der Waals surface area contributed by atoms with Crippen LogP contribution in [0, 0.1) is 0 Å². The molecule has 1 aliphatic heterocycles. The maximum absolute atomic E-state index is 12.7. The number of piperazine rings is 1. The van der Waals surface area contributed by atoms with Crippen molar-refractivity contribution >= 4 is 35.4 Å². The van der Waals surface area contributed by atoms with E-state index in [-0.39, 0.29) is 43.0 Å². The maximum atomic E-state index is 12.7. The molecule has 1 aliphatic rings. The van der Waals surface area contributed by atoms with Crippen molar-refractivity contribution in [2.24, 2.45) is 0 Å². The van der Waals surface area contributed by atoms with E-state index in [9.17, 15) is 9.59 Å². The average molecular weight is 393 g/mol. The Labute approximate surface area is 165 Å². The Bertz CT molecular complexity index is 716. The largest absolute Gasteiger partial charge is 0.333 e. The summed E-state index contributed by atoms with van der Waals surface area (Å²) in [6, 6.07) is 12.2. The van der Waals surface area contributed by atoms with Crippen LogP contribution >= 0.6 is 23.7 Å². The predicted octanol–water partition coefficient (Wildman–Crippen LogP) is 3.87. The van der Waals surface area contributed by atoms with Crippen molar-refractivity contribution in [3.05, 3.63) is 57.8 Å². The molecule has 0 spiro atoms. The Morgan fingerprint density at radius 3 is 2.62 bits per heavy atom. The zero-order valence-corrected chi connectivity index (χ0v) is 16.6.